The number of anilines is 3. The van der Waals surface area contributed by atoms with Crippen LogP contribution < -0.4 is 15.0 Å². The molecule has 3 aromatic carbocycles. The van der Waals surface area contributed by atoms with Gasteiger partial charge in [0.2, 0.25) is 5.89 Å². The molecule has 0 aliphatic carbocycles. The Hall–Kier alpha value is -3.18. The maximum Gasteiger partial charge on any atom is 0.236 e. The van der Waals surface area contributed by atoms with Crippen LogP contribution in [0.2, 0.25) is 5.02 Å². The number of hydrogen-bond acceptors (Lipinski definition) is 5. The van der Waals surface area contributed by atoms with E-state index in [2.05, 4.69) is 116 Å². The maximum atomic E-state index is 6.92. The first kappa shape index (κ1) is 33.7. The van der Waals surface area contributed by atoms with Gasteiger partial charge < -0.3 is 19.4 Å². The Labute approximate surface area is 270 Å². The number of rotatable bonds is 13. The average Bonchev–Trinajstić information content (AvgIpc) is 3.44. The molecule has 44 heavy (non-hydrogen) atoms. The lowest BCUT2D eigenvalue weighted by atomic mass is 9.76. The number of hydrogen-bond donors (Lipinski definition) is 1. The van der Waals surface area contributed by atoms with E-state index in [1.165, 1.54) is 22.4 Å². The molecule has 0 amide bonds. The van der Waals surface area contributed by atoms with Gasteiger partial charge in [-0.25, -0.2) is 4.98 Å². The molecule has 0 saturated carbocycles. The molecule has 238 valence electrons. The van der Waals surface area contributed by atoms with Gasteiger partial charge in [-0.2, -0.15) is 0 Å². The molecule has 0 fully saturated rings. The van der Waals surface area contributed by atoms with Crippen molar-refractivity contribution in [1.82, 2.24) is 4.98 Å². The third-order valence-corrected chi connectivity index (χ3v) is 10.1. The van der Waals surface area contributed by atoms with Crippen LogP contribution in [0.4, 0.5) is 17.1 Å². The fraction of sp³-hybridized carbons (Fsp3) is 0.500. The zero-order valence-corrected chi connectivity index (χ0v) is 29.5. The SMILES string of the molecule is CCC(Oc1ccc(C(C)(C)CC)cc1C(C)(C)CC)c1nc2cc(Nc3ccc(N(CC)CC)cc3C)c(C)c(Cl)c2o1. The van der Waals surface area contributed by atoms with Gasteiger partial charge in [0, 0.05) is 35.7 Å². The predicted octanol–water partition coefficient (Wildman–Crippen LogP) is 11.6. The van der Waals surface area contributed by atoms with Gasteiger partial charge in [0.05, 0.1) is 5.02 Å². The van der Waals surface area contributed by atoms with Crippen molar-refractivity contribution in [3.63, 3.8) is 0 Å². The first-order chi connectivity index (χ1) is 20.8. The Morgan fingerprint density at radius 2 is 1.57 bits per heavy atom. The molecule has 5 nitrogen and oxygen atoms in total. The summed E-state index contributed by atoms with van der Waals surface area (Å²) < 4.78 is 13.1. The van der Waals surface area contributed by atoms with E-state index >= 15 is 0 Å². The molecule has 0 saturated heterocycles. The highest BCUT2D eigenvalue weighted by molar-refractivity contribution is 6.36. The third kappa shape index (κ3) is 6.73. The van der Waals surface area contributed by atoms with Crippen LogP contribution in [-0.4, -0.2) is 18.1 Å². The van der Waals surface area contributed by atoms with Gasteiger partial charge in [-0.15, -0.1) is 0 Å². The number of fused-ring (bicyclic) bond motifs is 1. The lowest BCUT2D eigenvalue weighted by molar-refractivity contribution is 0.164. The molecule has 1 atom stereocenters. The summed E-state index contributed by atoms with van der Waals surface area (Å²) >= 11 is 6.92. The standard InChI is InChI=1S/C38H52ClN3O2/c1-12-32(43-33-20-17-26(37(8,9)13-2)22-28(33)38(10,11)14-3)36-41-31-23-30(25(7)34(39)35(31)44-36)40-29-19-18-27(21-24(29)6)42(15-4)16-5/h17-23,32,40H,12-16H2,1-11H3. The molecule has 0 spiro atoms. The zero-order chi connectivity index (χ0) is 32.4. The van der Waals surface area contributed by atoms with Crippen molar-refractivity contribution in [1.29, 1.82) is 0 Å². The fourth-order valence-corrected chi connectivity index (χ4v) is 5.80. The summed E-state index contributed by atoms with van der Waals surface area (Å²) in [5, 5.41) is 4.17. The van der Waals surface area contributed by atoms with Crippen LogP contribution in [0.25, 0.3) is 11.1 Å². The lowest BCUT2D eigenvalue weighted by Gasteiger charge is -2.31. The van der Waals surface area contributed by atoms with Crippen molar-refractivity contribution < 1.29 is 9.15 Å². The molecule has 0 bridgehead atoms. The Morgan fingerprint density at radius 1 is 0.886 bits per heavy atom. The molecule has 1 unspecified atom stereocenters. The van der Waals surface area contributed by atoms with Gasteiger partial charge in [0.1, 0.15) is 11.3 Å². The van der Waals surface area contributed by atoms with Gasteiger partial charge >= 0.3 is 0 Å². The normalized spacial score (nSPS) is 12.9. The molecule has 1 N–H and O–H groups in total. The fourth-order valence-electron chi connectivity index (χ4n) is 5.56. The summed E-state index contributed by atoms with van der Waals surface area (Å²) in [6.07, 6.45) is 2.43. The molecule has 0 aliphatic rings. The van der Waals surface area contributed by atoms with Crippen LogP contribution in [0.3, 0.4) is 0 Å². The van der Waals surface area contributed by atoms with E-state index in [0.717, 1.165) is 48.6 Å². The van der Waals surface area contributed by atoms with Crippen LogP contribution in [0.15, 0.2) is 46.9 Å². The third-order valence-electron chi connectivity index (χ3n) is 9.66. The summed E-state index contributed by atoms with van der Waals surface area (Å²) in [7, 11) is 0. The lowest BCUT2D eigenvalue weighted by Crippen LogP contribution is -2.22. The number of nitrogens with zero attached hydrogens (tertiary/aromatic N) is 2. The number of ether oxygens (including phenoxy) is 1. The van der Waals surface area contributed by atoms with E-state index in [1.807, 2.05) is 13.0 Å². The summed E-state index contributed by atoms with van der Waals surface area (Å²) in [6.45, 7) is 26.2. The van der Waals surface area contributed by atoms with Gasteiger partial charge in [-0.3, -0.25) is 0 Å². The van der Waals surface area contributed by atoms with Crippen molar-refractivity contribution in [3.05, 3.63) is 75.6 Å². The van der Waals surface area contributed by atoms with Crippen LogP contribution in [-0.2, 0) is 10.8 Å². The van der Waals surface area contributed by atoms with Crippen molar-refractivity contribution in [2.24, 2.45) is 0 Å². The first-order valence-electron chi connectivity index (χ1n) is 16.3. The smallest absolute Gasteiger partial charge is 0.236 e. The highest BCUT2D eigenvalue weighted by atomic mass is 35.5. The van der Waals surface area contributed by atoms with Crippen LogP contribution in [0.5, 0.6) is 5.75 Å². The molecule has 0 radical (unpaired) electrons. The van der Waals surface area contributed by atoms with E-state index in [0.29, 0.717) is 28.4 Å². The number of nitrogens with one attached hydrogen (secondary N) is 1. The minimum absolute atomic E-state index is 0.0442. The van der Waals surface area contributed by atoms with Crippen molar-refractivity contribution in [3.8, 4) is 5.75 Å². The molecule has 4 aromatic rings. The second kappa shape index (κ2) is 13.4. The quantitative estimate of drug-likeness (QED) is 0.162. The first-order valence-corrected chi connectivity index (χ1v) is 16.7. The van der Waals surface area contributed by atoms with E-state index in [4.69, 9.17) is 25.7 Å². The molecular formula is C38H52ClN3O2. The van der Waals surface area contributed by atoms with E-state index < -0.39 is 0 Å². The molecule has 4 rings (SSSR count). The number of aromatic nitrogens is 1. The van der Waals surface area contributed by atoms with Crippen LogP contribution in [0.1, 0.15) is 116 Å². The minimum Gasteiger partial charge on any atom is -0.480 e. The van der Waals surface area contributed by atoms with E-state index in [9.17, 15) is 0 Å². The minimum atomic E-state index is -0.346. The number of aryl methyl sites for hydroxylation is 1. The predicted molar refractivity (Wildman–Crippen MR) is 189 cm³/mol. The largest absolute Gasteiger partial charge is 0.480 e. The molecule has 1 heterocycles. The van der Waals surface area contributed by atoms with Crippen LogP contribution in [0, 0.1) is 13.8 Å². The zero-order valence-electron chi connectivity index (χ0n) is 28.7. The van der Waals surface area contributed by atoms with Gasteiger partial charge in [0.15, 0.2) is 11.7 Å². The van der Waals surface area contributed by atoms with Gasteiger partial charge in [0.25, 0.3) is 0 Å². The van der Waals surface area contributed by atoms with Crippen molar-refractivity contribution in [2.45, 2.75) is 112 Å². The van der Waals surface area contributed by atoms with E-state index in [1.54, 1.807) is 0 Å². The summed E-state index contributed by atoms with van der Waals surface area (Å²) in [5.74, 6) is 1.42. The Kier molecular flexibility index (Phi) is 10.3. The Balaban J connectivity index is 1.68. The van der Waals surface area contributed by atoms with Crippen molar-refractivity contribution >= 4 is 39.8 Å². The number of oxazole rings is 1. The summed E-state index contributed by atoms with van der Waals surface area (Å²) in [5.41, 5.74) is 9.18. The van der Waals surface area contributed by atoms with Crippen molar-refractivity contribution in [2.75, 3.05) is 23.3 Å². The maximum absolute atomic E-state index is 6.92. The molecule has 6 heteroatoms. The number of benzene rings is 3. The highest BCUT2D eigenvalue weighted by Crippen LogP contribution is 2.42. The monoisotopic (exact) mass is 617 g/mol. The second-order valence-corrected chi connectivity index (χ2v) is 13.6. The Bertz CT molecular complexity index is 1600. The second-order valence-electron chi connectivity index (χ2n) is 13.3. The summed E-state index contributed by atoms with van der Waals surface area (Å²) in [6, 6.07) is 15.2. The van der Waals surface area contributed by atoms with Crippen LogP contribution >= 0.6 is 11.6 Å². The van der Waals surface area contributed by atoms with Gasteiger partial charge in [-0.05, 0) is 105 Å². The summed E-state index contributed by atoms with van der Waals surface area (Å²) in [4.78, 5) is 7.27. The Morgan fingerprint density at radius 3 is 2.16 bits per heavy atom. The average molecular weight is 618 g/mol. The molecule has 0 aliphatic heterocycles. The highest BCUT2D eigenvalue weighted by Gasteiger charge is 2.29. The molecule has 1 aromatic heterocycles. The van der Waals surface area contributed by atoms with Gasteiger partial charge in [-0.1, -0.05) is 72.2 Å². The number of halogens is 1. The topological polar surface area (TPSA) is 50.5 Å². The molecular weight excluding hydrogens is 566 g/mol. The van der Waals surface area contributed by atoms with E-state index in [-0.39, 0.29) is 16.9 Å².